The van der Waals surface area contributed by atoms with Crippen LogP contribution in [0, 0.1) is 0 Å². The molecule has 0 saturated carbocycles. The summed E-state index contributed by atoms with van der Waals surface area (Å²) in [5.74, 6) is -0.308. The van der Waals surface area contributed by atoms with Crippen LogP contribution < -0.4 is 5.46 Å². The number of rotatable bonds is 4. The summed E-state index contributed by atoms with van der Waals surface area (Å²) >= 11 is 3.50. The lowest BCUT2D eigenvalue weighted by Crippen LogP contribution is -2.41. The van der Waals surface area contributed by atoms with E-state index in [1.807, 2.05) is 39.8 Å². The zero-order chi connectivity index (χ0) is 19.2. The van der Waals surface area contributed by atoms with Gasteiger partial charge < -0.3 is 18.8 Å². The van der Waals surface area contributed by atoms with Crippen molar-refractivity contribution in [3.8, 4) is 0 Å². The molecule has 2 aliphatic rings. The van der Waals surface area contributed by atoms with E-state index in [4.69, 9.17) is 18.8 Å². The predicted molar refractivity (Wildman–Crippen MR) is 101 cm³/mol. The van der Waals surface area contributed by atoms with E-state index in [-0.39, 0.29) is 12.6 Å². The van der Waals surface area contributed by atoms with Crippen LogP contribution in [0.4, 0.5) is 0 Å². The van der Waals surface area contributed by atoms with Crippen LogP contribution >= 0.6 is 15.9 Å². The Balaban J connectivity index is 1.94. The van der Waals surface area contributed by atoms with Crippen molar-refractivity contribution in [1.82, 2.24) is 4.98 Å². The molecule has 1 aromatic heterocycles. The van der Waals surface area contributed by atoms with Gasteiger partial charge in [0.1, 0.15) is 11.2 Å². The van der Waals surface area contributed by atoms with Crippen molar-refractivity contribution < 1.29 is 23.6 Å². The van der Waals surface area contributed by atoms with Crippen LogP contribution in [0.2, 0.25) is 0 Å². The molecule has 2 aliphatic heterocycles. The largest absolute Gasteiger partial charge is 0.494 e. The SMILES string of the molecule is CC(=O)OCC1(c2cc(B3OC(C)(C)C(C)(C)O3)cc(Br)n2)CCOC1. The smallest absolute Gasteiger partial charge is 0.465 e. The molecule has 0 spiro atoms. The van der Waals surface area contributed by atoms with Gasteiger partial charge in [0.25, 0.3) is 0 Å². The quantitative estimate of drug-likeness (QED) is 0.419. The first-order valence-electron chi connectivity index (χ1n) is 8.79. The van der Waals surface area contributed by atoms with Gasteiger partial charge in [-0.3, -0.25) is 4.79 Å². The summed E-state index contributed by atoms with van der Waals surface area (Å²) in [6.45, 7) is 10.8. The molecule has 0 N–H and O–H groups in total. The minimum atomic E-state index is -0.480. The number of aromatic nitrogens is 1. The van der Waals surface area contributed by atoms with Gasteiger partial charge in [-0.05, 0) is 67.6 Å². The summed E-state index contributed by atoms with van der Waals surface area (Å²) in [7, 11) is -0.480. The van der Waals surface area contributed by atoms with Crippen LogP contribution in [0.3, 0.4) is 0 Å². The van der Waals surface area contributed by atoms with E-state index >= 15 is 0 Å². The highest BCUT2D eigenvalue weighted by Gasteiger charge is 2.52. The molecule has 3 heterocycles. The van der Waals surface area contributed by atoms with Crippen molar-refractivity contribution in [2.75, 3.05) is 19.8 Å². The minimum Gasteiger partial charge on any atom is -0.465 e. The number of carbonyl (C=O) groups excluding carboxylic acids is 1. The molecule has 2 saturated heterocycles. The highest BCUT2D eigenvalue weighted by molar-refractivity contribution is 9.10. The van der Waals surface area contributed by atoms with Crippen LogP contribution in [0.1, 0.15) is 46.7 Å². The Morgan fingerprint density at radius 1 is 1.27 bits per heavy atom. The van der Waals surface area contributed by atoms with Crippen LogP contribution in [-0.2, 0) is 29.0 Å². The summed E-state index contributed by atoms with van der Waals surface area (Å²) in [5.41, 5.74) is 0.414. The Hall–Kier alpha value is -0.955. The normalized spacial score (nSPS) is 26.9. The lowest BCUT2D eigenvalue weighted by molar-refractivity contribution is -0.143. The number of pyridine rings is 1. The van der Waals surface area contributed by atoms with E-state index in [1.165, 1.54) is 6.92 Å². The topological polar surface area (TPSA) is 66.9 Å². The standard InChI is InChI=1S/C18H25BBrNO5/c1-12(22)24-11-18(6-7-23-10-18)14-8-13(9-15(20)21-14)19-25-16(2,3)17(4,5)26-19/h8-9H,6-7,10-11H2,1-5H3. The predicted octanol–water partition coefficient (Wildman–Crippen LogP) is 2.36. The average molecular weight is 426 g/mol. The zero-order valence-corrected chi connectivity index (χ0v) is 17.5. The fourth-order valence-corrected chi connectivity index (χ4v) is 3.60. The Labute approximate surface area is 163 Å². The number of nitrogens with zero attached hydrogens (tertiary/aromatic N) is 1. The molecule has 2 fully saturated rings. The van der Waals surface area contributed by atoms with Gasteiger partial charge in [-0.15, -0.1) is 0 Å². The van der Waals surface area contributed by atoms with Gasteiger partial charge in [-0.25, -0.2) is 4.98 Å². The van der Waals surface area contributed by atoms with Crippen molar-refractivity contribution in [1.29, 1.82) is 0 Å². The zero-order valence-electron chi connectivity index (χ0n) is 15.9. The summed E-state index contributed by atoms with van der Waals surface area (Å²) in [5, 5.41) is 0. The summed E-state index contributed by atoms with van der Waals surface area (Å²) < 4.78 is 23.9. The summed E-state index contributed by atoms with van der Waals surface area (Å²) in [4.78, 5) is 16.0. The van der Waals surface area contributed by atoms with Crippen molar-refractivity contribution in [2.24, 2.45) is 0 Å². The fraction of sp³-hybridized carbons (Fsp3) is 0.667. The van der Waals surface area contributed by atoms with Crippen LogP contribution in [0.5, 0.6) is 0 Å². The first-order valence-corrected chi connectivity index (χ1v) is 9.59. The van der Waals surface area contributed by atoms with Crippen LogP contribution in [-0.4, -0.2) is 49.1 Å². The lowest BCUT2D eigenvalue weighted by atomic mass is 9.76. The van der Waals surface area contributed by atoms with Gasteiger partial charge in [-0.1, -0.05) is 0 Å². The summed E-state index contributed by atoms with van der Waals surface area (Å²) in [6, 6.07) is 3.88. The molecule has 142 valence electrons. The van der Waals surface area contributed by atoms with Crippen LogP contribution in [0.25, 0.3) is 0 Å². The molecular weight excluding hydrogens is 401 g/mol. The Bertz CT molecular complexity index is 687. The molecule has 1 aromatic rings. The van der Waals surface area contributed by atoms with Crippen LogP contribution in [0.15, 0.2) is 16.7 Å². The number of ether oxygens (including phenoxy) is 2. The third kappa shape index (κ3) is 3.70. The molecule has 26 heavy (non-hydrogen) atoms. The molecule has 1 atom stereocenters. The molecule has 0 bridgehead atoms. The van der Waals surface area contributed by atoms with Crippen molar-refractivity contribution in [3.05, 3.63) is 22.4 Å². The number of hydrogen-bond donors (Lipinski definition) is 0. The molecule has 0 aliphatic carbocycles. The van der Waals surface area contributed by atoms with E-state index < -0.39 is 23.7 Å². The van der Waals surface area contributed by atoms with Crippen molar-refractivity contribution in [3.63, 3.8) is 0 Å². The minimum absolute atomic E-state index is 0.245. The number of carbonyl (C=O) groups is 1. The Morgan fingerprint density at radius 3 is 2.46 bits per heavy atom. The van der Waals surface area contributed by atoms with Gasteiger partial charge in [0.2, 0.25) is 0 Å². The molecule has 8 heteroatoms. The van der Waals surface area contributed by atoms with Gasteiger partial charge in [0, 0.05) is 13.5 Å². The second-order valence-electron chi connectivity index (χ2n) is 8.06. The lowest BCUT2D eigenvalue weighted by Gasteiger charge is -2.32. The summed E-state index contributed by atoms with van der Waals surface area (Å²) in [6.07, 6.45) is 0.743. The van der Waals surface area contributed by atoms with Gasteiger partial charge in [-0.2, -0.15) is 0 Å². The number of hydrogen-bond acceptors (Lipinski definition) is 6. The molecular formula is C18H25BBrNO5. The van der Waals surface area contributed by atoms with E-state index in [0.717, 1.165) is 17.6 Å². The molecule has 0 radical (unpaired) electrons. The van der Waals surface area contributed by atoms with Gasteiger partial charge >= 0.3 is 13.1 Å². The monoisotopic (exact) mass is 425 g/mol. The maximum atomic E-state index is 11.3. The fourth-order valence-electron chi connectivity index (χ4n) is 3.14. The maximum absolute atomic E-state index is 11.3. The molecule has 1 unspecified atom stereocenters. The van der Waals surface area contributed by atoms with E-state index in [9.17, 15) is 4.79 Å². The highest BCUT2D eigenvalue weighted by atomic mass is 79.9. The first kappa shape index (κ1) is 19.8. The van der Waals surface area contributed by atoms with E-state index in [0.29, 0.717) is 17.8 Å². The maximum Gasteiger partial charge on any atom is 0.494 e. The molecule has 0 aromatic carbocycles. The first-order chi connectivity index (χ1) is 12.0. The third-order valence-corrected chi connectivity index (χ3v) is 5.95. The van der Waals surface area contributed by atoms with E-state index in [1.54, 1.807) is 0 Å². The van der Waals surface area contributed by atoms with E-state index in [2.05, 4.69) is 20.9 Å². The van der Waals surface area contributed by atoms with Crippen molar-refractivity contribution >= 4 is 34.5 Å². The molecule has 0 amide bonds. The highest BCUT2D eigenvalue weighted by Crippen LogP contribution is 2.37. The second-order valence-corrected chi connectivity index (χ2v) is 8.87. The van der Waals surface area contributed by atoms with Gasteiger partial charge in [0.05, 0.1) is 28.9 Å². The Morgan fingerprint density at radius 2 is 1.92 bits per heavy atom. The molecule has 6 nitrogen and oxygen atoms in total. The number of esters is 1. The average Bonchev–Trinajstić information content (AvgIpc) is 3.08. The second kappa shape index (κ2) is 6.89. The van der Waals surface area contributed by atoms with Crippen molar-refractivity contribution in [2.45, 2.75) is 57.7 Å². The third-order valence-electron chi connectivity index (χ3n) is 5.54. The number of halogens is 1. The van der Waals surface area contributed by atoms with Gasteiger partial charge in [0.15, 0.2) is 0 Å². The Kier molecular flexibility index (Phi) is 5.25. The molecule has 3 rings (SSSR count).